The van der Waals surface area contributed by atoms with Gasteiger partial charge in [0, 0.05) is 10.0 Å². The van der Waals surface area contributed by atoms with Gasteiger partial charge in [-0.3, -0.25) is 0 Å². The fourth-order valence-electron chi connectivity index (χ4n) is 2.03. The summed E-state index contributed by atoms with van der Waals surface area (Å²) in [5, 5.41) is 0. The Labute approximate surface area is 87.5 Å². The van der Waals surface area contributed by atoms with E-state index in [0.29, 0.717) is 5.92 Å². The maximum atomic E-state index is 6.29. The van der Waals surface area contributed by atoms with Gasteiger partial charge in [0.05, 0.1) is 0 Å². The Balaban J connectivity index is 2.32. The molecule has 0 aromatic heterocycles. The van der Waals surface area contributed by atoms with E-state index in [-0.39, 0.29) is 5.54 Å². The molecule has 1 fully saturated rings. The summed E-state index contributed by atoms with van der Waals surface area (Å²) in [5.41, 5.74) is 7.51. The SMILES string of the molecule is CCC1CC1(N)c1ccccc1Br. The zero-order chi connectivity index (χ0) is 9.47. The van der Waals surface area contributed by atoms with E-state index in [9.17, 15) is 0 Å². The van der Waals surface area contributed by atoms with Gasteiger partial charge in [-0.2, -0.15) is 0 Å². The van der Waals surface area contributed by atoms with Crippen molar-refractivity contribution in [3.05, 3.63) is 34.3 Å². The summed E-state index contributed by atoms with van der Waals surface area (Å²) in [6, 6.07) is 8.27. The predicted octanol–water partition coefficient (Wildman–Crippen LogP) is 3.03. The molecule has 2 unspecified atom stereocenters. The lowest BCUT2D eigenvalue weighted by molar-refractivity contribution is 0.613. The highest BCUT2D eigenvalue weighted by molar-refractivity contribution is 9.10. The molecule has 1 aliphatic rings. The third-order valence-corrected chi connectivity index (χ3v) is 3.71. The van der Waals surface area contributed by atoms with E-state index in [1.54, 1.807) is 0 Å². The summed E-state index contributed by atoms with van der Waals surface area (Å²) >= 11 is 3.55. The van der Waals surface area contributed by atoms with E-state index in [1.165, 1.54) is 12.0 Å². The second-order valence-corrected chi connectivity index (χ2v) is 4.68. The average Bonchev–Trinajstić information content (AvgIpc) is 2.79. The van der Waals surface area contributed by atoms with Crippen molar-refractivity contribution < 1.29 is 0 Å². The van der Waals surface area contributed by atoms with Gasteiger partial charge in [-0.1, -0.05) is 47.5 Å². The smallest absolute Gasteiger partial charge is 0.0453 e. The number of hydrogen-bond donors (Lipinski definition) is 1. The number of rotatable bonds is 2. The third-order valence-electron chi connectivity index (χ3n) is 3.02. The van der Waals surface area contributed by atoms with E-state index in [4.69, 9.17) is 5.73 Å². The van der Waals surface area contributed by atoms with Crippen molar-refractivity contribution in [3.8, 4) is 0 Å². The highest BCUT2D eigenvalue weighted by atomic mass is 79.9. The second kappa shape index (κ2) is 3.10. The number of nitrogens with two attached hydrogens (primary N) is 1. The quantitative estimate of drug-likeness (QED) is 0.844. The number of halogens is 1. The number of hydrogen-bond acceptors (Lipinski definition) is 1. The van der Waals surface area contributed by atoms with Crippen LogP contribution in [-0.2, 0) is 5.54 Å². The zero-order valence-corrected chi connectivity index (χ0v) is 9.34. The van der Waals surface area contributed by atoms with Gasteiger partial charge < -0.3 is 5.73 Å². The van der Waals surface area contributed by atoms with Gasteiger partial charge in [0.25, 0.3) is 0 Å². The minimum atomic E-state index is -0.0468. The molecule has 0 saturated heterocycles. The molecule has 13 heavy (non-hydrogen) atoms. The van der Waals surface area contributed by atoms with Crippen LogP contribution in [0.25, 0.3) is 0 Å². The van der Waals surface area contributed by atoms with Crippen LogP contribution in [0.2, 0.25) is 0 Å². The number of benzene rings is 1. The maximum Gasteiger partial charge on any atom is 0.0453 e. The van der Waals surface area contributed by atoms with Crippen LogP contribution in [0.1, 0.15) is 25.3 Å². The van der Waals surface area contributed by atoms with Crippen LogP contribution in [0.5, 0.6) is 0 Å². The molecule has 2 N–H and O–H groups in total. The highest BCUT2D eigenvalue weighted by Crippen LogP contribution is 2.53. The summed E-state index contributed by atoms with van der Waals surface area (Å²) in [6.07, 6.45) is 2.31. The van der Waals surface area contributed by atoms with Crippen LogP contribution in [0.15, 0.2) is 28.7 Å². The van der Waals surface area contributed by atoms with Crippen LogP contribution < -0.4 is 5.73 Å². The van der Waals surface area contributed by atoms with Crippen LogP contribution in [0, 0.1) is 5.92 Å². The first-order valence-corrected chi connectivity index (χ1v) is 5.51. The highest BCUT2D eigenvalue weighted by Gasteiger charge is 2.51. The van der Waals surface area contributed by atoms with Gasteiger partial charge >= 0.3 is 0 Å². The summed E-state index contributed by atoms with van der Waals surface area (Å²) in [4.78, 5) is 0. The van der Waals surface area contributed by atoms with E-state index in [2.05, 4.69) is 41.1 Å². The molecule has 0 amide bonds. The Morgan fingerprint density at radius 1 is 1.54 bits per heavy atom. The summed E-state index contributed by atoms with van der Waals surface area (Å²) in [6.45, 7) is 2.20. The van der Waals surface area contributed by atoms with E-state index in [0.717, 1.165) is 10.9 Å². The molecule has 2 atom stereocenters. The molecule has 1 aliphatic carbocycles. The Hall–Kier alpha value is -0.340. The first-order chi connectivity index (χ1) is 6.18. The molecule has 2 heteroatoms. The van der Waals surface area contributed by atoms with Crippen LogP contribution in [0.4, 0.5) is 0 Å². The van der Waals surface area contributed by atoms with Crippen LogP contribution in [-0.4, -0.2) is 0 Å². The predicted molar refractivity (Wildman–Crippen MR) is 58.4 cm³/mol. The minimum Gasteiger partial charge on any atom is -0.321 e. The van der Waals surface area contributed by atoms with Crippen molar-refractivity contribution in [2.45, 2.75) is 25.3 Å². The summed E-state index contributed by atoms with van der Waals surface area (Å²) < 4.78 is 1.15. The van der Waals surface area contributed by atoms with Crippen molar-refractivity contribution >= 4 is 15.9 Å². The topological polar surface area (TPSA) is 26.0 Å². The van der Waals surface area contributed by atoms with Crippen LogP contribution in [0.3, 0.4) is 0 Å². The monoisotopic (exact) mass is 239 g/mol. The van der Waals surface area contributed by atoms with Gasteiger partial charge in [0.15, 0.2) is 0 Å². The molecule has 0 bridgehead atoms. The molecule has 70 valence electrons. The second-order valence-electron chi connectivity index (χ2n) is 3.83. The first-order valence-electron chi connectivity index (χ1n) is 4.72. The summed E-state index contributed by atoms with van der Waals surface area (Å²) in [7, 11) is 0. The largest absolute Gasteiger partial charge is 0.321 e. The molecule has 0 aliphatic heterocycles. The molecular weight excluding hydrogens is 226 g/mol. The average molecular weight is 240 g/mol. The van der Waals surface area contributed by atoms with Crippen molar-refractivity contribution in [2.24, 2.45) is 11.7 Å². The maximum absolute atomic E-state index is 6.29. The molecule has 1 saturated carbocycles. The first kappa shape index (κ1) is 9.22. The third kappa shape index (κ3) is 1.42. The minimum absolute atomic E-state index is 0.0468. The van der Waals surface area contributed by atoms with Gasteiger partial charge in [-0.05, 0) is 24.0 Å². The van der Waals surface area contributed by atoms with Crippen molar-refractivity contribution in [2.75, 3.05) is 0 Å². The molecule has 1 nitrogen and oxygen atoms in total. The zero-order valence-electron chi connectivity index (χ0n) is 7.76. The molecule has 1 aromatic carbocycles. The van der Waals surface area contributed by atoms with Gasteiger partial charge in [-0.25, -0.2) is 0 Å². The Morgan fingerprint density at radius 2 is 2.23 bits per heavy atom. The van der Waals surface area contributed by atoms with Crippen molar-refractivity contribution in [3.63, 3.8) is 0 Å². The lowest BCUT2D eigenvalue weighted by Gasteiger charge is -2.13. The van der Waals surface area contributed by atoms with Gasteiger partial charge in [0.2, 0.25) is 0 Å². The standard InChI is InChI=1S/C11H14BrN/c1-2-8-7-11(8,13)9-5-3-4-6-10(9)12/h3-6,8H,2,7,13H2,1H3. The van der Waals surface area contributed by atoms with Crippen LogP contribution >= 0.6 is 15.9 Å². The Bertz CT molecular complexity index is 324. The molecule has 1 aromatic rings. The molecule has 0 radical (unpaired) electrons. The fraction of sp³-hybridized carbons (Fsp3) is 0.455. The Kier molecular flexibility index (Phi) is 2.20. The fourth-order valence-corrected chi connectivity index (χ4v) is 2.68. The van der Waals surface area contributed by atoms with Gasteiger partial charge in [-0.15, -0.1) is 0 Å². The lowest BCUT2D eigenvalue weighted by Crippen LogP contribution is -2.22. The lowest BCUT2D eigenvalue weighted by atomic mass is 10.0. The van der Waals surface area contributed by atoms with Crippen molar-refractivity contribution in [1.82, 2.24) is 0 Å². The normalized spacial score (nSPS) is 31.8. The van der Waals surface area contributed by atoms with E-state index < -0.39 is 0 Å². The van der Waals surface area contributed by atoms with Crippen molar-refractivity contribution in [1.29, 1.82) is 0 Å². The molecule has 0 spiro atoms. The molecule has 0 heterocycles. The molecular formula is C11H14BrN. The summed E-state index contributed by atoms with van der Waals surface area (Å²) in [5.74, 6) is 0.672. The van der Waals surface area contributed by atoms with Gasteiger partial charge in [0.1, 0.15) is 0 Å². The van der Waals surface area contributed by atoms with E-state index >= 15 is 0 Å². The Morgan fingerprint density at radius 3 is 2.77 bits per heavy atom. The van der Waals surface area contributed by atoms with E-state index in [1.807, 2.05) is 6.07 Å². The molecule has 2 rings (SSSR count).